The third-order valence-electron chi connectivity index (χ3n) is 3.45. The van der Waals surface area contributed by atoms with Gasteiger partial charge in [-0.2, -0.15) is 0 Å². The molecule has 3 N–H and O–H groups in total. The minimum absolute atomic E-state index is 0.00129. The highest BCUT2D eigenvalue weighted by Gasteiger charge is 2.28. The summed E-state index contributed by atoms with van der Waals surface area (Å²) in [7, 11) is 0. The van der Waals surface area contributed by atoms with E-state index < -0.39 is 17.2 Å². The van der Waals surface area contributed by atoms with Gasteiger partial charge < -0.3 is 15.4 Å². The molecule has 0 aliphatic heterocycles. The normalized spacial score (nSPS) is 14.5. The van der Waals surface area contributed by atoms with E-state index in [4.69, 9.17) is 10.8 Å². The van der Waals surface area contributed by atoms with E-state index in [2.05, 4.69) is 4.98 Å². The first kappa shape index (κ1) is 15.0. The summed E-state index contributed by atoms with van der Waals surface area (Å²) in [5, 5.41) is 9.32. The number of thioether (sulfide) groups is 1. The van der Waals surface area contributed by atoms with Gasteiger partial charge in [0.2, 0.25) is 5.43 Å². The Labute approximate surface area is 129 Å². The summed E-state index contributed by atoms with van der Waals surface area (Å²) in [5.41, 5.74) is 4.68. The zero-order valence-electron chi connectivity index (χ0n) is 11.6. The fourth-order valence-corrected chi connectivity index (χ4v) is 2.93. The lowest BCUT2D eigenvalue weighted by atomic mass is 10.2. The number of nitrogens with two attached hydrogens (primary N) is 1. The fraction of sp³-hybridized carbons (Fsp3) is 0.357. The van der Waals surface area contributed by atoms with Crippen LogP contribution in [0.4, 0.5) is 4.39 Å². The first-order valence-corrected chi connectivity index (χ1v) is 7.83. The molecule has 6 nitrogen and oxygen atoms in total. The predicted octanol–water partition coefficient (Wildman–Crippen LogP) is 1.62. The number of pyridine rings is 2. The van der Waals surface area contributed by atoms with E-state index in [0.29, 0.717) is 17.9 Å². The molecule has 0 unspecified atom stereocenters. The summed E-state index contributed by atoms with van der Waals surface area (Å²) in [4.78, 5) is 27.7. The molecule has 0 saturated heterocycles. The zero-order valence-corrected chi connectivity index (χ0v) is 12.4. The number of aromatic carboxylic acids is 1. The van der Waals surface area contributed by atoms with Crippen molar-refractivity contribution in [1.82, 2.24) is 9.55 Å². The molecule has 0 radical (unpaired) electrons. The highest BCUT2D eigenvalue weighted by molar-refractivity contribution is 7.99. The van der Waals surface area contributed by atoms with Crippen LogP contribution in [0.3, 0.4) is 0 Å². The molecule has 3 rings (SSSR count). The zero-order chi connectivity index (χ0) is 15.9. The number of carbonyl (C=O) groups is 1. The quantitative estimate of drug-likeness (QED) is 0.811. The molecule has 8 heteroatoms. The van der Waals surface area contributed by atoms with Gasteiger partial charge in [0.1, 0.15) is 16.2 Å². The molecule has 1 aliphatic rings. The van der Waals surface area contributed by atoms with Crippen LogP contribution >= 0.6 is 11.8 Å². The highest BCUT2D eigenvalue weighted by atomic mass is 32.2. The predicted molar refractivity (Wildman–Crippen MR) is 81.0 cm³/mol. The SMILES string of the molecule is NCCSc1nc2c(cc1F)c(=O)c(C(=O)O)cn2C1CC1. The Balaban J connectivity index is 2.27. The summed E-state index contributed by atoms with van der Waals surface area (Å²) in [6.07, 6.45) is 3.09. The number of fused-ring (bicyclic) bond motifs is 1. The number of aromatic nitrogens is 2. The second kappa shape index (κ2) is 5.69. The van der Waals surface area contributed by atoms with Gasteiger partial charge in [-0.15, -0.1) is 11.8 Å². The van der Waals surface area contributed by atoms with E-state index in [1.807, 2.05) is 0 Å². The maximum absolute atomic E-state index is 14.1. The number of rotatable bonds is 5. The molecule has 22 heavy (non-hydrogen) atoms. The minimum Gasteiger partial charge on any atom is -0.477 e. The third kappa shape index (κ3) is 2.59. The van der Waals surface area contributed by atoms with Crippen LogP contribution in [-0.2, 0) is 0 Å². The molecule has 116 valence electrons. The summed E-state index contributed by atoms with van der Waals surface area (Å²) in [6.45, 7) is 0.386. The van der Waals surface area contributed by atoms with Crippen LogP contribution in [0.15, 0.2) is 22.1 Å². The van der Waals surface area contributed by atoms with Gasteiger partial charge in [-0.25, -0.2) is 14.2 Å². The van der Waals surface area contributed by atoms with Crippen LogP contribution in [0.2, 0.25) is 0 Å². The van der Waals surface area contributed by atoms with Crippen LogP contribution in [-0.4, -0.2) is 32.9 Å². The lowest BCUT2D eigenvalue weighted by Crippen LogP contribution is -2.19. The molecule has 0 aromatic carbocycles. The second-order valence-corrected chi connectivity index (χ2v) is 6.18. The van der Waals surface area contributed by atoms with Crippen molar-refractivity contribution < 1.29 is 14.3 Å². The Bertz CT molecular complexity index is 817. The van der Waals surface area contributed by atoms with E-state index in [1.54, 1.807) is 4.57 Å². The molecule has 2 aromatic rings. The Morgan fingerprint density at radius 1 is 1.55 bits per heavy atom. The van der Waals surface area contributed by atoms with Gasteiger partial charge in [0.25, 0.3) is 0 Å². The number of hydrogen-bond donors (Lipinski definition) is 2. The van der Waals surface area contributed by atoms with Crippen molar-refractivity contribution in [1.29, 1.82) is 0 Å². The van der Waals surface area contributed by atoms with Gasteiger partial charge in [0, 0.05) is 24.5 Å². The first-order valence-electron chi connectivity index (χ1n) is 6.84. The topological polar surface area (TPSA) is 98.2 Å². The van der Waals surface area contributed by atoms with Crippen molar-refractivity contribution in [2.45, 2.75) is 23.9 Å². The van der Waals surface area contributed by atoms with Gasteiger partial charge in [-0.05, 0) is 18.9 Å². The molecular formula is C14H14FN3O3S. The van der Waals surface area contributed by atoms with Gasteiger partial charge in [0.15, 0.2) is 5.82 Å². The van der Waals surface area contributed by atoms with E-state index in [9.17, 15) is 14.0 Å². The number of carboxylic acids is 1. The van der Waals surface area contributed by atoms with E-state index >= 15 is 0 Å². The maximum atomic E-state index is 14.1. The molecule has 0 atom stereocenters. The highest BCUT2D eigenvalue weighted by Crippen LogP contribution is 2.37. The lowest BCUT2D eigenvalue weighted by molar-refractivity contribution is 0.0695. The van der Waals surface area contributed by atoms with Crippen molar-refractivity contribution >= 4 is 28.8 Å². The van der Waals surface area contributed by atoms with Crippen molar-refractivity contribution in [3.8, 4) is 0 Å². The van der Waals surface area contributed by atoms with Crippen LogP contribution in [0.25, 0.3) is 11.0 Å². The van der Waals surface area contributed by atoms with Crippen LogP contribution in [0, 0.1) is 5.82 Å². The maximum Gasteiger partial charge on any atom is 0.341 e. The van der Waals surface area contributed by atoms with Gasteiger partial charge in [-0.3, -0.25) is 4.79 Å². The van der Waals surface area contributed by atoms with Crippen LogP contribution < -0.4 is 11.2 Å². The Hall–Kier alpha value is -1.93. The Morgan fingerprint density at radius 3 is 2.86 bits per heavy atom. The molecule has 2 heterocycles. The number of nitrogens with zero attached hydrogens (tertiary/aromatic N) is 2. The lowest BCUT2D eigenvalue weighted by Gasteiger charge is -2.12. The largest absolute Gasteiger partial charge is 0.477 e. The number of halogens is 1. The molecular weight excluding hydrogens is 309 g/mol. The molecule has 0 amide bonds. The van der Waals surface area contributed by atoms with Crippen molar-refractivity contribution in [2.24, 2.45) is 5.73 Å². The van der Waals surface area contributed by atoms with E-state index in [0.717, 1.165) is 18.9 Å². The van der Waals surface area contributed by atoms with Crippen LogP contribution in [0.1, 0.15) is 29.2 Å². The van der Waals surface area contributed by atoms with Crippen molar-refractivity contribution in [3.05, 3.63) is 33.9 Å². The average Bonchev–Trinajstić information content (AvgIpc) is 3.30. The minimum atomic E-state index is -1.32. The Kier molecular flexibility index (Phi) is 3.88. The molecule has 0 bridgehead atoms. The van der Waals surface area contributed by atoms with Crippen molar-refractivity contribution in [3.63, 3.8) is 0 Å². The average molecular weight is 323 g/mol. The number of hydrogen-bond acceptors (Lipinski definition) is 5. The molecule has 0 spiro atoms. The second-order valence-electron chi connectivity index (χ2n) is 5.10. The first-order chi connectivity index (χ1) is 10.5. The molecule has 1 aliphatic carbocycles. The summed E-state index contributed by atoms with van der Waals surface area (Å²) < 4.78 is 15.8. The monoisotopic (exact) mass is 323 g/mol. The molecule has 1 fully saturated rings. The van der Waals surface area contributed by atoms with Crippen molar-refractivity contribution in [2.75, 3.05) is 12.3 Å². The van der Waals surface area contributed by atoms with Crippen LogP contribution in [0.5, 0.6) is 0 Å². The fourth-order valence-electron chi connectivity index (χ4n) is 2.27. The smallest absolute Gasteiger partial charge is 0.341 e. The van der Waals surface area contributed by atoms with Gasteiger partial charge in [0.05, 0.1) is 5.39 Å². The molecule has 1 saturated carbocycles. The third-order valence-corrected chi connectivity index (χ3v) is 4.45. The molecule has 2 aromatic heterocycles. The number of carboxylic acid groups (broad SMARTS) is 1. The standard InChI is InChI=1S/C14H14FN3O3S/c15-10-5-8-11(19)9(14(20)21)6-18(7-1-2-7)12(8)17-13(10)22-4-3-16/h5-7H,1-4,16H2,(H,20,21). The van der Waals surface area contributed by atoms with E-state index in [-0.39, 0.29) is 22.0 Å². The van der Waals surface area contributed by atoms with Gasteiger partial charge in [-0.1, -0.05) is 0 Å². The van der Waals surface area contributed by atoms with E-state index in [1.165, 1.54) is 18.0 Å². The van der Waals surface area contributed by atoms with Gasteiger partial charge >= 0.3 is 5.97 Å². The summed E-state index contributed by atoms with van der Waals surface area (Å²) >= 11 is 1.18. The summed E-state index contributed by atoms with van der Waals surface area (Å²) in [5.74, 6) is -1.44. The summed E-state index contributed by atoms with van der Waals surface area (Å²) in [6, 6.07) is 1.20. The Morgan fingerprint density at radius 2 is 2.27 bits per heavy atom.